The van der Waals surface area contributed by atoms with Gasteiger partial charge in [-0.25, -0.2) is 0 Å². The lowest BCUT2D eigenvalue weighted by Crippen LogP contribution is -2.26. The third-order valence-corrected chi connectivity index (χ3v) is 2.81. The van der Waals surface area contributed by atoms with Crippen molar-refractivity contribution in [2.24, 2.45) is 0 Å². The molecule has 2 aromatic rings. The molecule has 0 saturated carbocycles. The number of carbonyl (C=O) groups is 1. The maximum atomic E-state index is 12.0. The van der Waals surface area contributed by atoms with Gasteiger partial charge in [0.1, 0.15) is 11.5 Å². The van der Waals surface area contributed by atoms with Crippen molar-refractivity contribution in [2.75, 3.05) is 0 Å². The fourth-order valence-corrected chi connectivity index (χ4v) is 1.83. The first-order valence-corrected chi connectivity index (χ1v) is 5.95. The SMILES string of the molecule is C[C@@H](NC(=O)c1cc(O)cc(O)c1)c1ccccc1. The molecule has 2 rings (SSSR count). The largest absolute Gasteiger partial charge is 0.508 e. The summed E-state index contributed by atoms with van der Waals surface area (Å²) in [5, 5.41) is 21.5. The molecule has 3 N–H and O–H groups in total. The fraction of sp³-hybridized carbons (Fsp3) is 0.133. The van der Waals surface area contributed by atoms with Gasteiger partial charge in [0.05, 0.1) is 6.04 Å². The van der Waals surface area contributed by atoms with E-state index in [2.05, 4.69) is 5.32 Å². The molecule has 1 atom stereocenters. The zero-order valence-electron chi connectivity index (χ0n) is 10.5. The van der Waals surface area contributed by atoms with Gasteiger partial charge < -0.3 is 15.5 Å². The molecule has 0 bridgehead atoms. The zero-order valence-corrected chi connectivity index (χ0v) is 10.5. The van der Waals surface area contributed by atoms with Crippen molar-refractivity contribution in [2.45, 2.75) is 13.0 Å². The third-order valence-electron chi connectivity index (χ3n) is 2.81. The number of amides is 1. The highest BCUT2D eigenvalue weighted by molar-refractivity contribution is 5.95. The Morgan fingerprint density at radius 1 is 1.05 bits per heavy atom. The van der Waals surface area contributed by atoms with Gasteiger partial charge in [0, 0.05) is 11.6 Å². The van der Waals surface area contributed by atoms with Gasteiger partial charge in [-0.3, -0.25) is 4.79 Å². The van der Waals surface area contributed by atoms with E-state index in [-0.39, 0.29) is 29.0 Å². The van der Waals surface area contributed by atoms with Gasteiger partial charge >= 0.3 is 0 Å². The molecule has 0 aliphatic carbocycles. The standard InChI is InChI=1S/C15H15NO3/c1-10(11-5-3-2-4-6-11)16-15(19)12-7-13(17)9-14(18)8-12/h2-10,17-18H,1H3,(H,16,19)/t10-/m1/s1. The zero-order chi connectivity index (χ0) is 13.8. The summed E-state index contributed by atoms with van der Waals surface area (Å²) in [6, 6.07) is 13.2. The van der Waals surface area contributed by atoms with Crippen molar-refractivity contribution in [3.05, 3.63) is 59.7 Å². The minimum Gasteiger partial charge on any atom is -0.508 e. The third kappa shape index (κ3) is 3.25. The molecule has 0 spiro atoms. The van der Waals surface area contributed by atoms with Crippen LogP contribution >= 0.6 is 0 Å². The van der Waals surface area contributed by atoms with Crippen LogP contribution in [0.25, 0.3) is 0 Å². The van der Waals surface area contributed by atoms with Crippen molar-refractivity contribution >= 4 is 5.91 Å². The van der Waals surface area contributed by atoms with Crippen LogP contribution in [0.4, 0.5) is 0 Å². The van der Waals surface area contributed by atoms with E-state index in [1.165, 1.54) is 18.2 Å². The van der Waals surface area contributed by atoms with Crippen LogP contribution < -0.4 is 5.32 Å². The number of benzene rings is 2. The van der Waals surface area contributed by atoms with Crippen LogP contribution in [0.2, 0.25) is 0 Å². The van der Waals surface area contributed by atoms with Crippen molar-refractivity contribution in [1.82, 2.24) is 5.32 Å². The van der Waals surface area contributed by atoms with E-state index in [0.717, 1.165) is 5.56 Å². The number of carbonyl (C=O) groups excluding carboxylic acids is 1. The molecule has 0 aromatic heterocycles. The van der Waals surface area contributed by atoms with Crippen molar-refractivity contribution < 1.29 is 15.0 Å². The molecule has 0 saturated heterocycles. The van der Waals surface area contributed by atoms with Crippen LogP contribution in [0.15, 0.2) is 48.5 Å². The Morgan fingerprint density at radius 2 is 1.63 bits per heavy atom. The van der Waals surface area contributed by atoms with Gasteiger partial charge in [0.25, 0.3) is 5.91 Å². The second-order valence-electron chi connectivity index (χ2n) is 4.34. The summed E-state index contributed by atoms with van der Waals surface area (Å²) in [6.45, 7) is 1.87. The Labute approximate surface area is 111 Å². The second-order valence-corrected chi connectivity index (χ2v) is 4.34. The summed E-state index contributed by atoms with van der Waals surface area (Å²) < 4.78 is 0. The Balaban J connectivity index is 2.13. The van der Waals surface area contributed by atoms with Gasteiger partial charge in [0.15, 0.2) is 0 Å². The van der Waals surface area contributed by atoms with Crippen molar-refractivity contribution in [1.29, 1.82) is 0 Å². The Morgan fingerprint density at radius 3 is 2.21 bits per heavy atom. The average Bonchev–Trinajstić information content (AvgIpc) is 2.38. The van der Waals surface area contributed by atoms with E-state index in [4.69, 9.17) is 0 Å². The lowest BCUT2D eigenvalue weighted by Gasteiger charge is -2.14. The topological polar surface area (TPSA) is 69.6 Å². The van der Waals surface area contributed by atoms with E-state index in [1.54, 1.807) is 0 Å². The van der Waals surface area contributed by atoms with E-state index < -0.39 is 0 Å². The predicted molar refractivity (Wildman–Crippen MR) is 72.1 cm³/mol. The van der Waals surface area contributed by atoms with Gasteiger partial charge in [-0.1, -0.05) is 30.3 Å². The predicted octanol–water partition coefficient (Wildman–Crippen LogP) is 2.59. The molecule has 0 unspecified atom stereocenters. The smallest absolute Gasteiger partial charge is 0.252 e. The maximum absolute atomic E-state index is 12.0. The Hall–Kier alpha value is -2.49. The number of aromatic hydroxyl groups is 2. The van der Waals surface area contributed by atoms with Gasteiger partial charge in [-0.15, -0.1) is 0 Å². The van der Waals surface area contributed by atoms with Crippen LogP contribution in [-0.2, 0) is 0 Å². The molecule has 0 radical (unpaired) electrons. The number of phenols is 2. The van der Waals surface area contributed by atoms with Gasteiger partial charge in [-0.05, 0) is 24.6 Å². The van der Waals surface area contributed by atoms with E-state index in [1.807, 2.05) is 37.3 Å². The van der Waals surface area contributed by atoms with Gasteiger partial charge in [-0.2, -0.15) is 0 Å². The molecule has 0 aliphatic rings. The van der Waals surface area contributed by atoms with Crippen LogP contribution in [0, 0.1) is 0 Å². The maximum Gasteiger partial charge on any atom is 0.252 e. The highest BCUT2D eigenvalue weighted by Crippen LogP contribution is 2.21. The minimum absolute atomic E-state index is 0.141. The van der Waals surface area contributed by atoms with Crippen LogP contribution in [0.5, 0.6) is 11.5 Å². The molecule has 4 nitrogen and oxygen atoms in total. The molecule has 0 heterocycles. The summed E-state index contributed by atoms with van der Waals surface area (Å²) in [5.41, 5.74) is 1.21. The summed E-state index contributed by atoms with van der Waals surface area (Å²) in [4.78, 5) is 12.0. The first-order chi connectivity index (χ1) is 9.06. The molecule has 19 heavy (non-hydrogen) atoms. The molecule has 4 heteroatoms. The van der Waals surface area contributed by atoms with E-state index >= 15 is 0 Å². The highest BCUT2D eigenvalue weighted by Gasteiger charge is 2.12. The molecule has 0 fully saturated rings. The molecule has 2 aromatic carbocycles. The van der Waals surface area contributed by atoms with Crippen LogP contribution in [0.3, 0.4) is 0 Å². The molecule has 0 aliphatic heterocycles. The van der Waals surface area contributed by atoms with Gasteiger partial charge in [0.2, 0.25) is 0 Å². The molecular formula is C15H15NO3. The summed E-state index contributed by atoms with van der Waals surface area (Å²) in [7, 11) is 0. The summed E-state index contributed by atoms with van der Waals surface area (Å²) in [5.74, 6) is -0.627. The molecule has 1 amide bonds. The minimum atomic E-state index is -0.345. The molecular weight excluding hydrogens is 242 g/mol. The number of hydrogen-bond acceptors (Lipinski definition) is 3. The van der Waals surface area contributed by atoms with Crippen molar-refractivity contribution in [3.8, 4) is 11.5 Å². The van der Waals surface area contributed by atoms with E-state index in [0.29, 0.717) is 0 Å². The normalized spacial score (nSPS) is 11.8. The number of nitrogens with one attached hydrogen (secondary N) is 1. The molecule has 98 valence electrons. The average molecular weight is 257 g/mol. The number of phenolic OH excluding ortho intramolecular Hbond substituents is 2. The van der Waals surface area contributed by atoms with Crippen LogP contribution in [0.1, 0.15) is 28.9 Å². The fourth-order valence-electron chi connectivity index (χ4n) is 1.83. The highest BCUT2D eigenvalue weighted by atomic mass is 16.3. The van der Waals surface area contributed by atoms with E-state index in [9.17, 15) is 15.0 Å². The Kier molecular flexibility index (Phi) is 3.71. The quantitative estimate of drug-likeness (QED) is 0.791. The lowest BCUT2D eigenvalue weighted by atomic mass is 10.1. The summed E-state index contributed by atoms with van der Waals surface area (Å²) >= 11 is 0. The van der Waals surface area contributed by atoms with Crippen LogP contribution in [-0.4, -0.2) is 16.1 Å². The Bertz CT molecular complexity index is 561. The number of hydrogen-bond donors (Lipinski definition) is 3. The first-order valence-electron chi connectivity index (χ1n) is 5.95. The lowest BCUT2D eigenvalue weighted by molar-refractivity contribution is 0.0939. The second kappa shape index (κ2) is 5.44. The monoisotopic (exact) mass is 257 g/mol. The first kappa shape index (κ1) is 13.0. The number of rotatable bonds is 3. The van der Waals surface area contributed by atoms with Crippen molar-refractivity contribution in [3.63, 3.8) is 0 Å². The summed E-state index contributed by atoms with van der Waals surface area (Å²) in [6.07, 6.45) is 0.